The lowest BCUT2D eigenvalue weighted by Crippen LogP contribution is -2.33. The summed E-state index contributed by atoms with van der Waals surface area (Å²) in [6.07, 6.45) is 1.08. The van der Waals surface area contributed by atoms with Gasteiger partial charge in [0.15, 0.2) is 0 Å². The van der Waals surface area contributed by atoms with E-state index in [4.69, 9.17) is 11.0 Å². The van der Waals surface area contributed by atoms with Gasteiger partial charge in [-0.3, -0.25) is 9.59 Å². The number of nitriles is 1. The van der Waals surface area contributed by atoms with Gasteiger partial charge in [0.05, 0.1) is 11.6 Å². The van der Waals surface area contributed by atoms with E-state index in [2.05, 4.69) is 6.07 Å². The lowest BCUT2D eigenvalue weighted by Gasteiger charge is -2.22. The van der Waals surface area contributed by atoms with Crippen molar-refractivity contribution in [3.05, 3.63) is 71.3 Å². The van der Waals surface area contributed by atoms with Gasteiger partial charge in [-0.1, -0.05) is 42.5 Å². The van der Waals surface area contributed by atoms with E-state index in [0.29, 0.717) is 31.5 Å². The first-order valence-electron chi connectivity index (χ1n) is 8.17. The molecule has 0 fully saturated rings. The Morgan fingerprint density at radius 3 is 2.24 bits per heavy atom. The molecular formula is C20H21N3O2. The molecular weight excluding hydrogens is 314 g/mol. The second-order valence-electron chi connectivity index (χ2n) is 5.83. The Morgan fingerprint density at radius 1 is 0.960 bits per heavy atom. The van der Waals surface area contributed by atoms with Gasteiger partial charge in [0.2, 0.25) is 11.8 Å². The number of carbonyl (C=O) groups is 2. The number of carbonyl (C=O) groups excluding carboxylic acids is 2. The number of nitrogens with two attached hydrogens (primary N) is 1. The highest BCUT2D eigenvalue weighted by Crippen LogP contribution is 2.11. The maximum atomic E-state index is 12.6. The van der Waals surface area contributed by atoms with Crippen molar-refractivity contribution in [3.8, 4) is 6.07 Å². The predicted molar refractivity (Wildman–Crippen MR) is 95.1 cm³/mol. The predicted octanol–water partition coefficient (Wildman–Crippen LogP) is 2.40. The average Bonchev–Trinajstić information content (AvgIpc) is 2.64. The molecule has 5 nitrogen and oxygen atoms in total. The van der Waals surface area contributed by atoms with Crippen molar-refractivity contribution in [2.45, 2.75) is 25.8 Å². The molecule has 2 amide bonds. The van der Waals surface area contributed by atoms with E-state index < -0.39 is 5.91 Å². The van der Waals surface area contributed by atoms with Gasteiger partial charge in [0, 0.05) is 25.9 Å². The van der Waals surface area contributed by atoms with Crippen LogP contribution in [0.1, 0.15) is 29.5 Å². The molecule has 0 saturated heterocycles. The third-order valence-corrected chi connectivity index (χ3v) is 3.91. The van der Waals surface area contributed by atoms with Gasteiger partial charge in [-0.25, -0.2) is 0 Å². The van der Waals surface area contributed by atoms with Crippen molar-refractivity contribution < 1.29 is 9.59 Å². The normalized spacial score (nSPS) is 10.0. The van der Waals surface area contributed by atoms with E-state index >= 15 is 0 Å². The zero-order chi connectivity index (χ0) is 18.1. The number of primary amides is 1. The molecule has 0 bridgehead atoms. The van der Waals surface area contributed by atoms with E-state index in [1.54, 1.807) is 17.0 Å². The van der Waals surface area contributed by atoms with Crippen LogP contribution in [0.4, 0.5) is 0 Å². The van der Waals surface area contributed by atoms with Gasteiger partial charge in [-0.05, 0) is 29.7 Å². The van der Waals surface area contributed by atoms with Gasteiger partial charge in [-0.2, -0.15) is 5.26 Å². The van der Waals surface area contributed by atoms with Crippen molar-refractivity contribution in [3.63, 3.8) is 0 Å². The molecule has 5 heteroatoms. The van der Waals surface area contributed by atoms with Crippen molar-refractivity contribution in [1.82, 2.24) is 4.90 Å². The zero-order valence-electron chi connectivity index (χ0n) is 14.0. The second kappa shape index (κ2) is 9.24. The Morgan fingerprint density at radius 2 is 1.64 bits per heavy atom. The van der Waals surface area contributed by atoms with Crippen LogP contribution >= 0.6 is 0 Å². The molecule has 128 valence electrons. The van der Waals surface area contributed by atoms with E-state index in [-0.39, 0.29) is 12.3 Å². The fourth-order valence-electron chi connectivity index (χ4n) is 2.50. The third-order valence-electron chi connectivity index (χ3n) is 3.91. The summed E-state index contributed by atoms with van der Waals surface area (Å²) in [7, 11) is 0. The molecule has 0 unspecified atom stereocenters. The summed E-state index contributed by atoms with van der Waals surface area (Å²) in [5.74, 6) is -0.438. The number of nitrogens with zero attached hydrogens (tertiary/aromatic N) is 2. The second-order valence-corrected chi connectivity index (χ2v) is 5.83. The van der Waals surface area contributed by atoms with Crippen LogP contribution in [0.25, 0.3) is 0 Å². The molecule has 2 aromatic carbocycles. The SMILES string of the molecule is N#Cc1ccc(CCC(=O)N(CCC(N)=O)Cc2ccccc2)cc1. The lowest BCUT2D eigenvalue weighted by molar-refractivity contribution is -0.132. The van der Waals surface area contributed by atoms with Gasteiger partial charge < -0.3 is 10.6 Å². The van der Waals surface area contributed by atoms with Crippen molar-refractivity contribution in [2.75, 3.05) is 6.54 Å². The van der Waals surface area contributed by atoms with Crippen LogP contribution in [0.15, 0.2) is 54.6 Å². The van der Waals surface area contributed by atoms with Crippen LogP contribution in [0.2, 0.25) is 0 Å². The summed E-state index contributed by atoms with van der Waals surface area (Å²) in [4.78, 5) is 25.3. The summed E-state index contributed by atoms with van der Waals surface area (Å²) in [6.45, 7) is 0.775. The number of aryl methyl sites for hydroxylation is 1. The van der Waals surface area contributed by atoms with Gasteiger partial charge in [0.25, 0.3) is 0 Å². The fourth-order valence-corrected chi connectivity index (χ4v) is 2.50. The highest BCUT2D eigenvalue weighted by molar-refractivity contribution is 5.78. The number of amides is 2. The number of hydrogen-bond acceptors (Lipinski definition) is 3. The van der Waals surface area contributed by atoms with Crippen LogP contribution in [0.3, 0.4) is 0 Å². The molecule has 0 aliphatic heterocycles. The first kappa shape index (κ1) is 18.2. The summed E-state index contributed by atoms with van der Waals surface area (Å²) >= 11 is 0. The average molecular weight is 335 g/mol. The fraction of sp³-hybridized carbons (Fsp3) is 0.250. The molecule has 0 saturated carbocycles. The Labute approximate surface area is 147 Å². The van der Waals surface area contributed by atoms with E-state index in [9.17, 15) is 9.59 Å². The van der Waals surface area contributed by atoms with Crippen LogP contribution in [-0.2, 0) is 22.6 Å². The summed E-state index contributed by atoms with van der Waals surface area (Å²) in [5, 5.41) is 8.81. The first-order chi connectivity index (χ1) is 12.1. The summed E-state index contributed by atoms with van der Waals surface area (Å²) < 4.78 is 0. The number of benzene rings is 2. The molecule has 0 radical (unpaired) electrons. The maximum absolute atomic E-state index is 12.6. The molecule has 0 spiro atoms. The molecule has 25 heavy (non-hydrogen) atoms. The molecule has 0 aliphatic rings. The smallest absolute Gasteiger partial charge is 0.223 e. The van der Waals surface area contributed by atoms with E-state index in [1.807, 2.05) is 42.5 Å². The van der Waals surface area contributed by atoms with Crippen molar-refractivity contribution >= 4 is 11.8 Å². The molecule has 2 N–H and O–H groups in total. The van der Waals surface area contributed by atoms with Crippen LogP contribution in [0.5, 0.6) is 0 Å². The van der Waals surface area contributed by atoms with E-state index in [1.165, 1.54) is 0 Å². The van der Waals surface area contributed by atoms with Crippen LogP contribution in [-0.4, -0.2) is 23.3 Å². The Kier molecular flexibility index (Phi) is 6.73. The minimum absolute atomic E-state index is 0.0190. The highest BCUT2D eigenvalue weighted by atomic mass is 16.2. The molecule has 2 aromatic rings. The Balaban J connectivity index is 1.98. The standard InChI is InChI=1S/C20H21N3O2/c21-14-17-8-6-16(7-9-17)10-11-20(25)23(13-12-19(22)24)15-18-4-2-1-3-5-18/h1-9H,10-13,15H2,(H2,22,24). The lowest BCUT2D eigenvalue weighted by atomic mass is 10.1. The molecule has 0 aliphatic carbocycles. The Hall–Kier alpha value is -3.13. The van der Waals surface area contributed by atoms with Crippen molar-refractivity contribution in [1.29, 1.82) is 5.26 Å². The topological polar surface area (TPSA) is 87.2 Å². The minimum atomic E-state index is -0.419. The summed E-state index contributed by atoms with van der Waals surface area (Å²) in [5.41, 5.74) is 7.84. The van der Waals surface area contributed by atoms with Crippen molar-refractivity contribution in [2.24, 2.45) is 5.73 Å². The third kappa shape index (κ3) is 6.11. The minimum Gasteiger partial charge on any atom is -0.370 e. The Bertz CT molecular complexity index is 749. The highest BCUT2D eigenvalue weighted by Gasteiger charge is 2.15. The van der Waals surface area contributed by atoms with Gasteiger partial charge >= 0.3 is 0 Å². The van der Waals surface area contributed by atoms with Gasteiger partial charge in [-0.15, -0.1) is 0 Å². The number of hydrogen-bond donors (Lipinski definition) is 1. The van der Waals surface area contributed by atoms with E-state index in [0.717, 1.165) is 11.1 Å². The van der Waals surface area contributed by atoms with Crippen LogP contribution in [0, 0.1) is 11.3 Å². The molecule has 2 rings (SSSR count). The molecule has 0 heterocycles. The molecule has 0 atom stereocenters. The van der Waals surface area contributed by atoms with Crippen LogP contribution < -0.4 is 5.73 Å². The summed E-state index contributed by atoms with van der Waals surface area (Å²) in [6, 6.07) is 18.9. The largest absolute Gasteiger partial charge is 0.370 e. The first-order valence-corrected chi connectivity index (χ1v) is 8.17. The molecule has 0 aromatic heterocycles. The maximum Gasteiger partial charge on any atom is 0.223 e. The quantitative estimate of drug-likeness (QED) is 0.803. The monoisotopic (exact) mass is 335 g/mol. The number of rotatable bonds is 8. The zero-order valence-corrected chi connectivity index (χ0v) is 14.0. The van der Waals surface area contributed by atoms with Gasteiger partial charge in [0.1, 0.15) is 0 Å².